The summed E-state index contributed by atoms with van der Waals surface area (Å²) < 4.78 is 1.08. The average Bonchev–Trinajstić information content (AvgIpc) is 2.85. The van der Waals surface area contributed by atoms with Crippen molar-refractivity contribution in [3.63, 3.8) is 0 Å². The second-order valence-electron chi connectivity index (χ2n) is 5.77. The lowest BCUT2D eigenvalue weighted by atomic mass is 9.95. The van der Waals surface area contributed by atoms with Crippen molar-refractivity contribution >= 4 is 21.8 Å². The largest absolute Gasteiger partial charge is 0.352 e. The first-order valence-electron chi connectivity index (χ1n) is 7.26. The van der Waals surface area contributed by atoms with Gasteiger partial charge in [-0.2, -0.15) is 0 Å². The van der Waals surface area contributed by atoms with Crippen molar-refractivity contribution in [3.8, 4) is 0 Å². The SMILES string of the molecule is Cc1cc(Br)cc(C)c1CNC(=O)[C@@H]1CCC[C@@H]1CN. The number of carbonyl (C=O) groups excluding carboxylic acids is 1. The maximum absolute atomic E-state index is 12.3. The lowest BCUT2D eigenvalue weighted by Crippen LogP contribution is -2.35. The van der Waals surface area contributed by atoms with Gasteiger partial charge in [-0.25, -0.2) is 0 Å². The number of nitrogens with one attached hydrogen (secondary N) is 1. The fraction of sp³-hybridized carbons (Fsp3) is 0.562. The average molecular weight is 339 g/mol. The summed E-state index contributed by atoms with van der Waals surface area (Å²) in [5.74, 6) is 0.637. The van der Waals surface area contributed by atoms with Crippen LogP contribution in [0.2, 0.25) is 0 Å². The van der Waals surface area contributed by atoms with Crippen LogP contribution in [0.5, 0.6) is 0 Å². The van der Waals surface area contributed by atoms with Crippen LogP contribution in [0.4, 0.5) is 0 Å². The van der Waals surface area contributed by atoms with Crippen molar-refractivity contribution in [2.45, 2.75) is 39.7 Å². The van der Waals surface area contributed by atoms with Gasteiger partial charge in [0, 0.05) is 16.9 Å². The molecule has 0 aliphatic heterocycles. The van der Waals surface area contributed by atoms with Gasteiger partial charge in [-0.15, -0.1) is 0 Å². The Labute approximate surface area is 129 Å². The van der Waals surface area contributed by atoms with Gasteiger partial charge >= 0.3 is 0 Å². The van der Waals surface area contributed by atoms with Crippen molar-refractivity contribution < 1.29 is 4.79 Å². The molecule has 0 radical (unpaired) electrons. The Morgan fingerprint density at radius 1 is 1.35 bits per heavy atom. The van der Waals surface area contributed by atoms with E-state index in [2.05, 4.69) is 47.2 Å². The van der Waals surface area contributed by atoms with Crippen LogP contribution in [0.1, 0.15) is 36.0 Å². The summed E-state index contributed by atoms with van der Waals surface area (Å²) in [6, 6.07) is 4.18. The number of benzene rings is 1. The third-order valence-electron chi connectivity index (χ3n) is 4.40. The zero-order valence-corrected chi connectivity index (χ0v) is 13.8. The predicted octanol–water partition coefficient (Wildman–Crippen LogP) is 3.06. The highest BCUT2D eigenvalue weighted by atomic mass is 79.9. The van der Waals surface area contributed by atoms with Gasteiger partial charge in [0.15, 0.2) is 0 Å². The molecule has 3 nitrogen and oxygen atoms in total. The minimum atomic E-state index is 0.107. The first-order chi connectivity index (χ1) is 9.52. The van der Waals surface area contributed by atoms with Gasteiger partial charge in [-0.1, -0.05) is 22.4 Å². The first-order valence-corrected chi connectivity index (χ1v) is 8.05. The van der Waals surface area contributed by atoms with Gasteiger partial charge in [0.25, 0.3) is 0 Å². The Kier molecular flexibility index (Phi) is 5.22. The summed E-state index contributed by atoms with van der Waals surface area (Å²) in [5, 5.41) is 3.10. The van der Waals surface area contributed by atoms with Crippen molar-refractivity contribution in [1.82, 2.24) is 5.32 Å². The molecule has 3 N–H and O–H groups in total. The van der Waals surface area contributed by atoms with Crippen LogP contribution in [0.3, 0.4) is 0 Å². The second-order valence-corrected chi connectivity index (χ2v) is 6.68. The molecule has 1 aromatic rings. The predicted molar refractivity (Wildman–Crippen MR) is 85.3 cm³/mol. The molecule has 1 aliphatic rings. The Bertz CT molecular complexity index is 478. The summed E-state index contributed by atoms with van der Waals surface area (Å²) in [4.78, 5) is 12.3. The standard InChI is InChI=1S/C16H23BrN2O/c1-10-6-13(17)7-11(2)15(10)9-19-16(20)14-5-3-4-12(14)8-18/h6-7,12,14H,3-5,8-9,18H2,1-2H3,(H,19,20)/t12-,14-/m1/s1. The lowest BCUT2D eigenvalue weighted by molar-refractivity contribution is -0.126. The van der Waals surface area contributed by atoms with Crippen LogP contribution in [0.25, 0.3) is 0 Å². The molecular formula is C16H23BrN2O. The lowest BCUT2D eigenvalue weighted by Gasteiger charge is -2.18. The van der Waals surface area contributed by atoms with Gasteiger partial charge in [0.1, 0.15) is 0 Å². The topological polar surface area (TPSA) is 55.1 Å². The van der Waals surface area contributed by atoms with Gasteiger partial charge in [-0.3, -0.25) is 4.79 Å². The molecule has 110 valence electrons. The molecule has 1 saturated carbocycles. The smallest absolute Gasteiger partial charge is 0.223 e. The van der Waals surface area contributed by atoms with Gasteiger partial charge in [-0.05, 0) is 68.0 Å². The Morgan fingerprint density at radius 2 is 2.00 bits per heavy atom. The molecule has 0 aromatic heterocycles. The minimum Gasteiger partial charge on any atom is -0.352 e. The molecule has 1 aliphatic carbocycles. The van der Waals surface area contributed by atoms with E-state index in [1.807, 2.05) is 0 Å². The zero-order chi connectivity index (χ0) is 14.7. The van der Waals surface area contributed by atoms with E-state index < -0.39 is 0 Å². The highest BCUT2D eigenvalue weighted by molar-refractivity contribution is 9.10. The monoisotopic (exact) mass is 338 g/mol. The molecule has 1 fully saturated rings. The first kappa shape index (κ1) is 15.5. The zero-order valence-electron chi connectivity index (χ0n) is 12.2. The van der Waals surface area contributed by atoms with E-state index in [0.29, 0.717) is 19.0 Å². The molecule has 20 heavy (non-hydrogen) atoms. The molecule has 1 amide bonds. The molecule has 2 rings (SSSR count). The van der Waals surface area contributed by atoms with E-state index in [0.717, 1.165) is 23.7 Å². The number of carbonyl (C=O) groups is 1. The Balaban J connectivity index is 2.00. The van der Waals surface area contributed by atoms with Gasteiger partial charge in [0.2, 0.25) is 5.91 Å². The fourth-order valence-electron chi connectivity index (χ4n) is 3.19. The quantitative estimate of drug-likeness (QED) is 0.886. The normalized spacial score (nSPS) is 22.0. The van der Waals surface area contributed by atoms with Crippen LogP contribution in [0, 0.1) is 25.7 Å². The third kappa shape index (κ3) is 3.41. The van der Waals surface area contributed by atoms with Crippen LogP contribution in [0.15, 0.2) is 16.6 Å². The summed E-state index contributed by atoms with van der Waals surface area (Å²) >= 11 is 3.50. The molecule has 0 bridgehead atoms. The highest BCUT2D eigenvalue weighted by Crippen LogP contribution is 2.31. The maximum atomic E-state index is 12.3. The molecule has 0 heterocycles. The molecule has 4 heteroatoms. The number of hydrogen-bond acceptors (Lipinski definition) is 2. The van der Waals surface area contributed by atoms with Crippen molar-refractivity contribution in [1.29, 1.82) is 0 Å². The highest BCUT2D eigenvalue weighted by Gasteiger charge is 2.31. The van der Waals surface area contributed by atoms with E-state index >= 15 is 0 Å². The van der Waals surface area contributed by atoms with Crippen LogP contribution < -0.4 is 11.1 Å². The van der Waals surface area contributed by atoms with Crippen LogP contribution in [-0.2, 0) is 11.3 Å². The van der Waals surface area contributed by atoms with E-state index in [-0.39, 0.29) is 11.8 Å². The molecule has 0 saturated heterocycles. The van der Waals surface area contributed by atoms with Crippen LogP contribution in [-0.4, -0.2) is 12.5 Å². The summed E-state index contributed by atoms with van der Waals surface area (Å²) in [5.41, 5.74) is 9.38. The molecule has 0 spiro atoms. The number of amides is 1. The van der Waals surface area contributed by atoms with Crippen molar-refractivity contribution in [2.24, 2.45) is 17.6 Å². The van der Waals surface area contributed by atoms with Crippen molar-refractivity contribution in [2.75, 3.05) is 6.54 Å². The van der Waals surface area contributed by atoms with E-state index in [1.54, 1.807) is 0 Å². The summed E-state index contributed by atoms with van der Waals surface area (Å²) in [6.45, 7) is 5.39. The number of hydrogen-bond donors (Lipinski definition) is 2. The van der Waals surface area contributed by atoms with Crippen LogP contribution >= 0.6 is 15.9 Å². The van der Waals surface area contributed by atoms with E-state index in [4.69, 9.17) is 5.73 Å². The van der Waals surface area contributed by atoms with Gasteiger partial charge < -0.3 is 11.1 Å². The maximum Gasteiger partial charge on any atom is 0.223 e. The molecule has 0 unspecified atom stereocenters. The number of aryl methyl sites for hydroxylation is 2. The second kappa shape index (κ2) is 6.72. The molecule has 2 atom stereocenters. The fourth-order valence-corrected chi connectivity index (χ4v) is 3.88. The number of halogens is 1. The summed E-state index contributed by atoms with van der Waals surface area (Å²) in [6.07, 6.45) is 3.19. The van der Waals surface area contributed by atoms with Crippen molar-refractivity contribution in [3.05, 3.63) is 33.3 Å². The Hall–Kier alpha value is -0.870. The Morgan fingerprint density at radius 3 is 2.60 bits per heavy atom. The van der Waals surface area contributed by atoms with E-state index in [1.165, 1.54) is 16.7 Å². The number of rotatable bonds is 4. The van der Waals surface area contributed by atoms with E-state index in [9.17, 15) is 4.79 Å². The minimum absolute atomic E-state index is 0.107. The molecular weight excluding hydrogens is 316 g/mol. The number of nitrogens with two attached hydrogens (primary N) is 1. The van der Waals surface area contributed by atoms with Gasteiger partial charge in [0.05, 0.1) is 0 Å². The third-order valence-corrected chi connectivity index (χ3v) is 4.86. The molecule has 1 aromatic carbocycles. The summed E-state index contributed by atoms with van der Waals surface area (Å²) in [7, 11) is 0.